The summed E-state index contributed by atoms with van der Waals surface area (Å²) in [4.78, 5) is 24.2. The van der Waals surface area contributed by atoms with Gasteiger partial charge in [-0.25, -0.2) is 4.79 Å². The van der Waals surface area contributed by atoms with Crippen molar-refractivity contribution in [3.63, 3.8) is 0 Å². The molecule has 0 spiro atoms. The lowest BCUT2D eigenvalue weighted by Gasteiger charge is -2.31. The Morgan fingerprint density at radius 3 is 2.75 bits per heavy atom. The van der Waals surface area contributed by atoms with Crippen molar-refractivity contribution in [2.24, 2.45) is 17.8 Å². The first kappa shape index (κ1) is 16.5. The second kappa shape index (κ2) is 6.65. The molecule has 2 N–H and O–H groups in total. The van der Waals surface area contributed by atoms with Crippen molar-refractivity contribution >= 4 is 11.8 Å². The quantitative estimate of drug-likeness (QED) is 0.813. The first-order chi connectivity index (χ1) is 11.5. The fourth-order valence-electron chi connectivity index (χ4n) is 3.39. The van der Waals surface area contributed by atoms with E-state index in [0.29, 0.717) is 12.0 Å². The number of phenols is 1. The largest absolute Gasteiger partial charge is 0.508 e. The molecular weight excluding hydrogens is 312 g/mol. The number of fused-ring (bicyclic) bond motifs is 1. The van der Waals surface area contributed by atoms with E-state index in [1.54, 1.807) is 31.2 Å². The summed E-state index contributed by atoms with van der Waals surface area (Å²) >= 11 is 0. The molecule has 1 aromatic carbocycles. The molecule has 0 saturated heterocycles. The summed E-state index contributed by atoms with van der Waals surface area (Å²) in [6.45, 7) is 1.93. The van der Waals surface area contributed by atoms with Gasteiger partial charge < -0.3 is 19.7 Å². The highest BCUT2D eigenvalue weighted by Crippen LogP contribution is 2.44. The van der Waals surface area contributed by atoms with Crippen LogP contribution >= 0.6 is 0 Å². The summed E-state index contributed by atoms with van der Waals surface area (Å²) in [7, 11) is 0. The lowest BCUT2D eigenvalue weighted by molar-refractivity contribution is -0.147. The predicted molar refractivity (Wildman–Crippen MR) is 83.7 cm³/mol. The van der Waals surface area contributed by atoms with Gasteiger partial charge in [0.25, 0.3) is 0 Å². The van der Waals surface area contributed by atoms with Crippen molar-refractivity contribution in [2.45, 2.75) is 26.1 Å². The third kappa shape index (κ3) is 3.14. The summed E-state index contributed by atoms with van der Waals surface area (Å²) in [5.41, 5.74) is 1.25. The number of aliphatic hydroxyl groups is 1. The lowest BCUT2D eigenvalue weighted by atomic mass is 9.83. The van der Waals surface area contributed by atoms with E-state index in [-0.39, 0.29) is 36.4 Å². The fourth-order valence-corrected chi connectivity index (χ4v) is 3.39. The first-order valence-corrected chi connectivity index (χ1v) is 7.98. The molecule has 0 radical (unpaired) electrons. The number of carbonyl (C=O) groups is 2. The van der Waals surface area contributed by atoms with Crippen LogP contribution in [0.5, 0.6) is 5.75 Å². The topological polar surface area (TPSA) is 93.1 Å². The van der Waals surface area contributed by atoms with Gasteiger partial charge in [-0.05, 0) is 17.7 Å². The van der Waals surface area contributed by atoms with Gasteiger partial charge >= 0.3 is 5.97 Å². The highest BCUT2D eigenvalue weighted by Gasteiger charge is 2.49. The van der Waals surface area contributed by atoms with Gasteiger partial charge in [0.2, 0.25) is 6.29 Å². The minimum atomic E-state index is -1.06. The predicted octanol–water partition coefficient (Wildman–Crippen LogP) is 1.55. The molecule has 1 saturated carbocycles. The Morgan fingerprint density at radius 1 is 1.33 bits per heavy atom. The number of hydrogen-bond acceptors (Lipinski definition) is 6. The average Bonchev–Trinajstić information content (AvgIpc) is 2.85. The number of esters is 1. The Balaban J connectivity index is 1.60. The molecule has 0 bridgehead atoms. The molecule has 128 valence electrons. The molecule has 0 aromatic heterocycles. The zero-order valence-electron chi connectivity index (χ0n) is 13.3. The van der Waals surface area contributed by atoms with Gasteiger partial charge in [-0.15, -0.1) is 0 Å². The molecule has 2 aliphatic rings. The van der Waals surface area contributed by atoms with Crippen LogP contribution in [0.1, 0.15) is 18.9 Å². The number of ether oxygens (including phenoxy) is 2. The Hall–Kier alpha value is -2.34. The third-order valence-corrected chi connectivity index (χ3v) is 4.83. The number of aliphatic hydroxyl groups excluding tert-OH is 1. The van der Waals surface area contributed by atoms with Crippen LogP contribution in [0.15, 0.2) is 36.1 Å². The summed E-state index contributed by atoms with van der Waals surface area (Å²) in [5.74, 6) is -1.39. The van der Waals surface area contributed by atoms with Crippen LogP contribution in [0.3, 0.4) is 0 Å². The van der Waals surface area contributed by atoms with Crippen LogP contribution in [-0.2, 0) is 25.5 Å². The summed E-state index contributed by atoms with van der Waals surface area (Å²) in [6, 6.07) is 6.67. The molecule has 1 aliphatic heterocycles. The number of hydrogen-bond donors (Lipinski definition) is 2. The van der Waals surface area contributed by atoms with Crippen LogP contribution < -0.4 is 0 Å². The van der Waals surface area contributed by atoms with Crippen molar-refractivity contribution in [1.82, 2.24) is 0 Å². The molecule has 6 nitrogen and oxygen atoms in total. The third-order valence-electron chi connectivity index (χ3n) is 4.83. The van der Waals surface area contributed by atoms with Gasteiger partial charge in [-0.1, -0.05) is 19.1 Å². The summed E-state index contributed by atoms with van der Waals surface area (Å²) in [6.07, 6.45) is 0.905. The molecule has 4 atom stereocenters. The normalized spacial score (nSPS) is 28.8. The highest BCUT2D eigenvalue weighted by molar-refractivity contribution is 5.93. The number of aromatic hydroxyl groups is 1. The zero-order valence-corrected chi connectivity index (χ0v) is 13.3. The molecule has 0 amide bonds. The standard InChI is InChI=1S/C18H20O6/c1-10-15(20)8-13-14(9-24-18(22)16(10)13)17(21)23-7-6-11-2-4-12(19)5-3-11/h2-5,9-10,13,16,18-19,22H,6-8H2,1H3/t10-,13+,16-,18+/m0/s1. The van der Waals surface area contributed by atoms with E-state index in [1.807, 2.05) is 0 Å². The fraction of sp³-hybridized carbons (Fsp3) is 0.444. The minimum absolute atomic E-state index is 0.0253. The number of Topliss-reactive ketones (excluding diaryl/α,β-unsaturated/α-hetero) is 1. The Bertz CT molecular complexity index is 663. The van der Waals surface area contributed by atoms with Gasteiger partial charge in [-0.2, -0.15) is 0 Å². The van der Waals surface area contributed by atoms with Crippen LogP contribution in [0.2, 0.25) is 0 Å². The lowest BCUT2D eigenvalue weighted by Crippen LogP contribution is -2.36. The maximum Gasteiger partial charge on any atom is 0.337 e. The smallest absolute Gasteiger partial charge is 0.337 e. The minimum Gasteiger partial charge on any atom is -0.508 e. The van der Waals surface area contributed by atoms with Crippen LogP contribution in [0, 0.1) is 17.8 Å². The molecule has 1 fully saturated rings. The van der Waals surface area contributed by atoms with Gasteiger partial charge in [0.15, 0.2) is 0 Å². The number of carbonyl (C=O) groups excluding carboxylic acids is 2. The van der Waals surface area contributed by atoms with Crippen molar-refractivity contribution in [3.8, 4) is 5.75 Å². The molecular formula is C18H20O6. The van der Waals surface area contributed by atoms with Crippen molar-refractivity contribution in [2.75, 3.05) is 6.61 Å². The number of ketones is 1. The van der Waals surface area contributed by atoms with Gasteiger partial charge in [0.05, 0.1) is 18.4 Å². The Labute approximate surface area is 139 Å². The molecule has 6 heteroatoms. The van der Waals surface area contributed by atoms with Crippen molar-refractivity contribution in [1.29, 1.82) is 0 Å². The Morgan fingerprint density at radius 2 is 2.04 bits per heavy atom. The van der Waals surface area contributed by atoms with E-state index >= 15 is 0 Å². The van der Waals surface area contributed by atoms with E-state index in [9.17, 15) is 19.8 Å². The van der Waals surface area contributed by atoms with E-state index in [0.717, 1.165) is 5.56 Å². The zero-order chi connectivity index (χ0) is 17.3. The van der Waals surface area contributed by atoms with Crippen LogP contribution in [0.25, 0.3) is 0 Å². The van der Waals surface area contributed by atoms with Crippen molar-refractivity contribution in [3.05, 3.63) is 41.7 Å². The Kier molecular flexibility index (Phi) is 4.57. The summed E-state index contributed by atoms with van der Waals surface area (Å²) in [5, 5.41) is 19.2. The van der Waals surface area contributed by atoms with Crippen LogP contribution in [-0.4, -0.2) is 34.9 Å². The molecule has 24 heavy (non-hydrogen) atoms. The van der Waals surface area contributed by atoms with E-state index in [4.69, 9.17) is 9.47 Å². The van der Waals surface area contributed by atoms with Crippen molar-refractivity contribution < 1.29 is 29.3 Å². The maximum absolute atomic E-state index is 12.3. The van der Waals surface area contributed by atoms with Gasteiger partial charge in [0, 0.05) is 30.6 Å². The van der Waals surface area contributed by atoms with E-state index in [2.05, 4.69) is 0 Å². The number of benzene rings is 1. The monoisotopic (exact) mass is 332 g/mol. The van der Waals surface area contributed by atoms with Gasteiger partial charge in [0.1, 0.15) is 11.5 Å². The molecule has 0 unspecified atom stereocenters. The molecule has 1 aliphatic carbocycles. The molecule has 1 aromatic rings. The van der Waals surface area contributed by atoms with Crippen LogP contribution in [0.4, 0.5) is 0 Å². The first-order valence-electron chi connectivity index (χ1n) is 7.98. The van der Waals surface area contributed by atoms with Gasteiger partial charge in [-0.3, -0.25) is 4.79 Å². The number of rotatable bonds is 4. The molecule has 1 heterocycles. The second-order valence-corrected chi connectivity index (χ2v) is 6.30. The SMILES string of the molecule is C[C@H]1C(=O)C[C@@H]2C(C(=O)OCCc3ccc(O)cc3)=CO[C@@H](O)[C@H]21. The average molecular weight is 332 g/mol. The maximum atomic E-state index is 12.3. The highest BCUT2D eigenvalue weighted by atomic mass is 16.6. The second-order valence-electron chi connectivity index (χ2n) is 6.30. The molecule has 3 rings (SSSR count). The van der Waals surface area contributed by atoms with E-state index < -0.39 is 18.2 Å². The summed E-state index contributed by atoms with van der Waals surface area (Å²) < 4.78 is 10.4. The number of phenolic OH excluding ortho intramolecular Hbond substituents is 1. The van der Waals surface area contributed by atoms with E-state index in [1.165, 1.54) is 6.26 Å².